The molecule has 0 saturated heterocycles. The summed E-state index contributed by atoms with van der Waals surface area (Å²) < 4.78 is 0. The number of nitrogens with two attached hydrogens (primary N) is 1. The van der Waals surface area contributed by atoms with E-state index in [2.05, 4.69) is 5.32 Å². The van der Waals surface area contributed by atoms with Gasteiger partial charge in [-0.1, -0.05) is 0 Å². The highest BCUT2D eigenvalue weighted by Crippen LogP contribution is 2.14. The van der Waals surface area contributed by atoms with E-state index in [-0.39, 0.29) is 18.2 Å². The fourth-order valence-corrected chi connectivity index (χ4v) is 2.67. The second-order valence-corrected chi connectivity index (χ2v) is 6.57. The summed E-state index contributed by atoms with van der Waals surface area (Å²) >= 11 is 0. The molecule has 3 N–H and O–H groups in total. The molecule has 0 aromatic heterocycles. The van der Waals surface area contributed by atoms with Gasteiger partial charge in [-0.3, -0.25) is 14.4 Å². The van der Waals surface area contributed by atoms with E-state index in [4.69, 9.17) is 5.73 Å². The van der Waals surface area contributed by atoms with Crippen molar-refractivity contribution in [3.05, 3.63) is 59.7 Å². The molecular weight excluding hydrogens is 356 g/mol. The van der Waals surface area contributed by atoms with E-state index in [0.717, 1.165) is 5.69 Å². The molecule has 0 radical (unpaired) electrons. The Bertz CT molecular complexity index is 830. The number of nitrogens with zero attached hydrogens (tertiary/aromatic N) is 2. The summed E-state index contributed by atoms with van der Waals surface area (Å²) in [5, 5.41) is 2.75. The summed E-state index contributed by atoms with van der Waals surface area (Å²) in [5.74, 6) is -0.832. The van der Waals surface area contributed by atoms with Gasteiger partial charge in [-0.15, -0.1) is 0 Å². The van der Waals surface area contributed by atoms with Crippen molar-refractivity contribution in [2.45, 2.75) is 13.3 Å². The molecule has 7 nitrogen and oxygen atoms in total. The van der Waals surface area contributed by atoms with Crippen molar-refractivity contribution in [2.24, 2.45) is 5.73 Å². The third-order valence-electron chi connectivity index (χ3n) is 4.36. The molecule has 148 valence electrons. The number of carbonyl (C=O) groups is 3. The van der Waals surface area contributed by atoms with Crippen LogP contribution in [0.5, 0.6) is 0 Å². The number of primary amides is 1. The van der Waals surface area contributed by atoms with Crippen molar-refractivity contribution >= 4 is 29.1 Å². The number of hydrogen-bond acceptors (Lipinski definition) is 4. The van der Waals surface area contributed by atoms with Gasteiger partial charge in [-0.2, -0.15) is 0 Å². The Hall–Kier alpha value is -3.35. The third-order valence-corrected chi connectivity index (χ3v) is 4.36. The van der Waals surface area contributed by atoms with Crippen LogP contribution in [0.1, 0.15) is 34.1 Å². The monoisotopic (exact) mass is 382 g/mol. The topological polar surface area (TPSA) is 95.7 Å². The quantitative estimate of drug-likeness (QED) is 0.732. The standard InChI is InChI=1S/C21H26N4O3/c1-4-25(21(28)16-7-11-18(12-8-16)24(2)3)14-13-19(26)23-17-9-5-15(6-10-17)20(22)27/h5-12H,4,13-14H2,1-3H3,(H2,22,27)(H,23,26). The molecule has 0 saturated carbocycles. The second-order valence-electron chi connectivity index (χ2n) is 6.57. The van der Waals surface area contributed by atoms with E-state index < -0.39 is 5.91 Å². The Labute approximate surface area is 165 Å². The maximum absolute atomic E-state index is 12.7. The van der Waals surface area contributed by atoms with Gasteiger partial charge in [0.2, 0.25) is 11.8 Å². The predicted molar refractivity (Wildman–Crippen MR) is 111 cm³/mol. The van der Waals surface area contributed by atoms with Gasteiger partial charge < -0.3 is 20.9 Å². The van der Waals surface area contributed by atoms with Crippen LogP contribution in [0, 0.1) is 0 Å². The van der Waals surface area contributed by atoms with Gasteiger partial charge in [-0.25, -0.2) is 0 Å². The first-order valence-electron chi connectivity index (χ1n) is 9.08. The van der Waals surface area contributed by atoms with Gasteiger partial charge >= 0.3 is 0 Å². The number of hydrogen-bond donors (Lipinski definition) is 2. The predicted octanol–water partition coefficient (Wildman–Crippen LogP) is 2.34. The van der Waals surface area contributed by atoms with Crippen LogP contribution in [0.4, 0.5) is 11.4 Å². The van der Waals surface area contributed by atoms with E-state index in [1.165, 1.54) is 0 Å². The molecule has 2 rings (SSSR count). The molecule has 2 aromatic rings. The largest absolute Gasteiger partial charge is 0.378 e. The van der Waals surface area contributed by atoms with Crippen LogP contribution in [-0.4, -0.2) is 49.8 Å². The highest BCUT2D eigenvalue weighted by atomic mass is 16.2. The third kappa shape index (κ3) is 5.57. The molecule has 0 bridgehead atoms. The second kappa shape index (κ2) is 9.55. The molecule has 0 aliphatic rings. The van der Waals surface area contributed by atoms with Crippen LogP contribution >= 0.6 is 0 Å². The van der Waals surface area contributed by atoms with Crippen molar-refractivity contribution in [3.8, 4) is 0 Å². The van der Waals surface area contributed by atoms with Gasteiger partial charge in [0, 0.05) is 56.1 Å². The Kier molecular flexibility index (Phi) is 7.14. The molecule has 0 unspecified atom stereocenters. The molecule has 3 amide bonds. The van der Waals surface area contributed by atoms with Crippen LogP contribution in [0.25, 0.3) is 0 Å². The Morgan fingerprint density at radius 2 is 1.50 bits per heavy atom. The summed E-state index contributed by atoms with van der Waals surface area (Å²) in [6.45, 7) is 2.71. The Morgan fingerprint density at radius 3 is 2.00 bits per heavy atom. The lowest BCUT2D eigenvalue weighted by Gasteiger charge is -2.21. The molecule has 2 aromatic carbocycles. The lowest BCUT2D eigenvalue weighted by molar-refractivity contribution is -0.116. The maximum Gasteiger partial charge on any atom is 0.253 e. The maximum atomic E-state index is 12.7. The molecule has 0 atom stereocenters. The molecule has 0 fully saturated rings. The van der Waals surface area contributed by atoms with Gasteiger partial charge in [0.1, 0.15) is 0 Å². The fourth-order valence-electron chi connectivity index (χ4n) is 2.67. The first kappa shape index (κ1) is 21.0. The van der Waals surface area contributed by atoms with E-state index in [1.807, 2.05) is 38.1 Å². The highest BCUT2D eigenvalue weighted by molar-refractivity contribution is 5.96. The zero-order valence-corrected chi connectivity index (χ0v) is 16.4. The summed E-state index contributed by atoms with van der Waals surface area (Å²) in [7, 11) is 3.88. The summed E-state index contributed by atoms with van der Waals surface area (Å²) in [6.07, 6.45) is 0.174. The van der Waals surface area contributed by atoms with E-state index in [1.54, 1.807) is 41.3 Å². The van der Waals surface area contributed by atoms with Crippen molar-refractivity contribution in [2.75, 3.05) is 37.4 Å². The summed E-state index contributed by atoms with van der Waals surface area (Å²) in [6, 6.07) is 13.7. The highest BCUT2D eigenvalue weighted by Gasteiger charge is 2.15. The Balaban J connectivity index is 1.92. The Morgan fingerprint density at radius 1 is 0.929 bits per heavy atom. The fraction of sp³-hybridized carbons (Fsp3) is 0.286. The van der Waals surface area contributed by atoms with Gasteiger partial charge in [0.05, 0.1) is 0 Å². The van der Waals surface area contributed by atoms with Crippen LogP contribution in [0.15, 0.2) is 48.5 Å². The van der Waals surface area contributed by atoms with Gasteiger partial charge in [0.15, 0.2) is 0 Å². The average Bonchev–Trinajstić information content (AvgIpc) is 2.68. The molecule has 0 aliphatic carbocycles. The van der Waals surface area contributed by atoms with Crippen molar-refractivity contribution in [3.63, 3.8) is 0 Å². The molecule has 0 spiro atoms. The summed E-state index contributed by atoms with van der Waals surface area (Å²) in [4.78, 5) is 39.5. The van der Waals surface area contributed by atoms with Gasteiger partial charge in [-0.05, 0) is 55.5 Å². The first-order chi connectivity index (χ1) is 13.3. The molecule has 0 heterocycles. The van der Waals surface area contributed by atoms with E-state index >= 15 is 0 Å². The summed E-state index contributed by atoms with van der Waals surface area (Å²) in [5.41, 5.74) is 7.75. The van der Waals surface area contributed by atoms with Crippen LogP contribution in [0.2, 0.25) is 0 Å². The van der Waals surface area contributed by atoms with Crippen LogP contribution < -0.4 is 16.0 Å². The average molecular weight is 382 g/mol. The van der Waals surface area contributed by atoms with Crippen molar-refractivity contribution < 1.29 is 14.4 Å². The normalized spacial score (nSPS) is 10.2. The number of nitrogens with one attached hydrogen (secondary N) is 1. The van der Waals surface area contributed by atoms with E-state index in [9.17, 15) is 14.4 Å². The number of benzene rings is 2. The van der Waals surface area contributed by atoms with Gasteiger partial charge in [0.25, 0.3) is 5.91 Å². The van der Waals surface area contributed by atoms with Crippen LogP contribution in [0.3, 0.4) is 0 Å². The van der Waals surface area contributed by atoms with Crippen LogP contribution in [-0.2, 0) is 4.79 Å². The zero-order valence-electron chi connectivity index (χ0n) is 16.4. The smallest absolute Gasteiger partial charge is 0.253 e. The number of rotatable bonds is 8. The molecule has 0 aliphatic heterocycles. The first-order valence-corrected chi connectivity index (χ1v) is 9.08. The lowest BCUT2D eigenvalue weighted by atomic mass is 10.1. The van der Waals surface area contributed by atoms with Crippen molar-refractivity contribution in [1.82, 2.24) is 4.90 Å². The minimum Gasteiger partial charge on any atom is -0.378 e. The molecular formula is C21H26N4O3. The number of anilines is 2. The van der Waals surface area contributed by atoms with Crippen molar-refractivity contribution in [1.29, 1.82) is 0 Å². The number of carbonyl (C=O) groups excluding carboxylic acids is 3. The minimum absolute atomic E-state index is 0.105. The van der Waals surface area contributed by atoms with E-state index in [0.29, 0.717) is 29.9 Å². The molecule has 7 heteroatoms. The SMILES string of the molecule is CCN(CCC(=O)Nc1ccc(C(N)=O)cc1)C(=O)c1ccc(N(C)C)cc1. The zero-order chi connectivity index (χ0) is 20.7. The number of amides is 3. The molecule has 28 heavy (non-hydrogen) atoms. The lowest BCUT2D eigenvalue weighted by Crippen LogP contribution is -2.33. The minimum atomic E-state index is -0.520.